The molecule has 2 N–H and O–H groups in total. The summed E-state index contributed by atoms with van der Waals surface area (Å²) in [6.07, 6.45) is 5.64. The zero-order valence-corrected chi connectivity index (χ0v) is 10.6. The summed E-state index contributed by atoms with van der Waals surface area (Å²) in [6.45, 7) is 4.92. The van der Waals surface area contributed by atoms with E-state index in [2.05, 4.69) is 24.0 Å². The van der Waals surface area contributed by atoms with E-state index < -0.39 is 0 Å². The molecule has 0 aliphatic heterocycles. The van der Waals surface area contributed by atoms with Crippen LogP contribution in [-0.2, 0) is 26.4 Å². The van der Waals surface area contributed by atoms with Gasteiger partial charge in [-0.05, 0) is 12.8 Å². The molecule has 5 nitrogen and oxygen atoms in total. The summed E-state index contributed by atoms with van der Waals surface area (Å²) in [5.74, 6) is 0. The smallest absolute Gasteiger partial charge is 0.0854 e. The summed E-state index contributed by atoms with van der Waals surface area (Å²) < 4.78 is 3.79. The molecule has 2 heterocycles. The van der Waals surface area contributed by atoms with Gasteiger partial charge in [-0.1, -0.05) is 13.8 Å². The van der Waals surface area contributed by atoms with E-state index in [1.54, 1.807) is 4.68 Å². The molecule has 0 fully saturated rings. The zero-order valence-electron chi connectivity index (χ0n) is 10.6. The average molecular weight is 233 g/mol. The minimum absolute atomic E-state index is 0.737. The fourth-order valence-corrected chi connectivity index (χ4v) is 2.06. The lowest BCUT2D eigenvalue weighted by atomic mass is 10.2. The van der Waals surface area contributed by atoms with Gasteiger partial charge >= 0.3 is 0 Å². The van der Waals surface area contributed by atoms with Gasteiger partial charge < -0.3 is 5.73 Å². The van der Waals surface area contributed by atoms with Crippen molar-refractivity contribution in [3.8, 4) is 0 Å². The molecule has 2 rings (SSSR count). The first-order chi connectivity index (χ1) is 8.15. The molecule has 0 bridgehead atoms. The first-order valence-corrected chi connectivity index (χ1v) is 5.97. The summed E-state index contributed by atoms with van der Waals surface area (Å²) in [4.78, 5) is 0. The Kier molecular flexibility index (Phi) is 3.17. The number of hydrogen-bond donors (Lipinski definition) is 1. The van der Waals surface area contributed by atoms with Crippen LogP contribution in [0.2, 0.25) is 0 Å². The largest absolute Gasteiger partial charge is 0.396 e. The summed E-state index contributed by atoms with van der Waals surface area (Å²) in [6, 6.07) is 0. The highest BCUT2D eigenvalue weighted by Crippen LogP contribution is 2.19. The van der Waals surface area contributed by atoms with Crippen molar-refractivity contribution in [1.29, 1.82) is 0 Å². The van der Waals surface area contributed by atoms with Crippen LogP contribution in [0.5, 0.6) is 0 Å². The molecular weight excluding hydrogens is 214 g/mol. The quantitative estimate of drug-likeness (QED) is 0.867. The molecule has 0 amide bonds. The van der Waals surface area contributed by atoms with Crippen molar-refractivity contribution in [2.45, 2.75) is 33.2 Å². The highest BCUT2D eigenvalue weighted by atomic mass is 15.3. The predicted molar refractivity (Wildman–Crippen MR) is 67.7 cm³/mol. The van der Waals surface area contributed by atoms with E-state index in [1.165, 1.54) is 0 Å². The molecule has 0 saturated carbocycles. The predicted octanol–water partition coefficient (Wildman–Crippen LogP) is 1.37. The van der Waals surface area contributed by atoms with Crippen molar-refractivity contribution >= 4 is 5.69 Å². The van der Waals surface area contributed by atoms with Gasteiger partial charge in [-0.3, -0.25) is 9.36 Å². The topological polar surface area (TPSA) is 61.7 Å². The normalized spacial score (nSPS) is 11.0. The van der Waals surface area contributed by atoms with E-state index in [0.717, 1.165) is 42.0 Å². The van der Waals surface area contributed by atoms with Crippen LogP contribution in [0.1, 0.15) is 30.8 Å². The Morgan fingerprint density at radius 1 is 1.29 bits per heavy atom. The van der Waals surface area contributed by atoms with Crippen LogP contribution in [0.4, 0.5) is 5.69 Å². The lowest BCUT2D eigenvalue weighted by molar-refractivity contribution is 0.640. The molecule has 0 atom stereocenters. The van der Waals surface area contributed by atoms with Crippen molar-refractivity contribution in [3.05, 3.63) is 29.3 Å². The van der Waals surface area contributed by atoms with Gasteiger partial charge in [0.05, 0.1) is 29.8 Å². The fourth-order valence-electron chi connectivity index (χ4n) is 2.06. The lowest BCUT2D eigenvalue weighted by Crippen LogP contribution is -2.06. The molecule has 0 saturated heterocycles. The van der Waals surface area contributed by atoms with Crippen LogP contribution in [0.3, 0.4) is 0 Å². The Balaban J connectivity index is 2.32. The number of aryl methyl sites for hydroxylation is 2. The van der Waals surface area contributed by atoms with E-state index >= 15 is 0 Å². The number of rotatable bonds is 4. The molecule has 2 aromatic rings. The minimum Gasteiger partial charge on any atom is -0.396 e. The van der Waals surface area contributed by atoms with Crippen molar-refractivity contribution in [2.24, 2.45) is 7.05 Å². The Bertz CT molecular complexity index is 509. The van der Waals surface area contributed by atoms with Crippen molar-refractivity contribution < 1.29 is 0 Å². The second-order valence-corrected chi connectivity index (χ2v) is 4.19. The molecule has 0 unspecified atom stereocenters. The van der Waals surface area contributed by atoms with Gasteiger partial charge in [-0.25, -0.2) is 0 Å². The number of nitrogens with zero attached hydrogens (tertiary/aromatic N) is 4. The van der Waals surface area contributed by atoms with Crippen LogP contribution in [0.25, 0.3) is 0 Å². The number of anilines is 1. The van der Waals surface area contributed by atoms with E-state index in [-0.39, 0.29) is 0 Å². The highest BCUT2D eigenvalue weighted by molar-refractivity contribution is 5.48. The molecule has 0 aromatic carbocycles. The SMILES string of the molecule is CCc1nn(Cc2cnn(C)c2)c(CC)c1N. The van der Waals surface area contributed by atoms with Crippen LogP contribution >= 0.6 is 0 Å². The molecule has 2 aromatic heterocycles. The third-order valence-electron chi connectivity index (χ3n) is 2.94. The molecule has 92 valence electrons. The fraction of sp³-hybridized carbons (Fsp3) is 0.500. The highest BCUT2D eigenvalue weighted by Gasteiger charge is 2.12. The van der Waals surface area contributed by atoms with Crippen molar-refractivity contribution in [2.75, 3.05) is 5.73 Å². The van der Waals surface area contributed by atoms with Gasteiger partial charge in [0.15, 0.2) is 0 Å². The van der Waals surface area contributed by atoms with E-state index in [0.29, 0.717) is 0 Å². The number of nitrogens with two attached hydrogens (primary N) is 1. The van der Waals surface area contributed by atoms with Gasteiger partial charge in [0.2, 0.25) is 0 Å². The second-order valence-electron chi connectivity index (χ2n) is 4.19. The first-order valence-electron chi connectivity index (χ1n) is 5.97. The maximum atomic E-state index is 6.08. The van der Waals surface area contributed by atoms with E-state index in [4.69, 9.17) is 5.73 Å². The molecule has 0 aliphatic carbocycles. The number of hydrogen-bond acceptors (Lipinski definition) is 3. The van der Waals surface area contributed by atoms with Crippen LogP contribution in [-0.4, -0.2) is 19.6 Å². The Hall–Kier alpha value is -1.78. The third-order valence-corrected chi connectivity index (χ3v) is 2.94. The first kappa shape index (κ1) is 11.7. The van der Waals surface area contributed by atoms with Crippen molar-refractivity contribution in [1.82, 2.24) is 19.6 Å². The molecule has 0 radical (unpaired) electrons. The molecule has 0 aliphatic rings. The standard InChI is InChI=1S/C12H19N5/c1-4-10-12(13)11(5-2)17(15-10)8-9-6-14-16(3)7-9/h6-7H,4-5,8,13H2,1-3H3. The van der Waals surface area contributed by atoms with Gasteiger partial charge in [0.1, 0.15) is 0 Å². The monoisotopic (exact) mass is 233 g/mol. The van der Waals surface area contributed by atoms with Gasteiger partial charge in [-0.2, -0.15) is 10.2 Å². The number of aromatic nitrogens is 4. The maximum Gasteiger partial charge on any atom is 0.0854 e. The summed E-state index contributed by atoms with van der Waals surface area (Å²) >= 11 is 0. The molecule has 0 spiro atoms. The number of nitrogen functional groups attached to an aromatic ring is 1. The Morgan fingerprint density at radius 2 is 2.06 bits per heavy atom. The third kappa shape index (κ3) is 2.18. The van der Waals surface area contributed by atoms with Crippen LogP contribution in [0, 0.1) is 0 Å². The average Bonchev–Trinajstić information content (AvgIpc) is 2.83. The second kappa shape index (κ2) is 4.61. The zero-order chi connectivity index (χ0) is 12.4. The lowest BCUT2D eigenvalue weighted by Gasteiger charge is -2.04. The molecular formula is C12H19N5. The molecule has 5 heteroatoms. The van der Waals surface area contributed by atoms with E-state index in [9.17, 15) is 0 Å². The Labute approximate surface area is 101 Å². The van der Waals surface area contributed by atoms with Gasteiger partial charge in [0, 0.05) is 18.8 Å². The minimum atomic E-state index is 0.737. The van der Waals surface area contributed by atoms with Gasteiger partial charge in [-0.15, -0.1) is 0 Å². The van der Waals surface area contributed by atoms with E-state index in [1.807, 2.05) is 24.1 Å². The Morgan fingerprint density at radius 3 is 2.59 bits per heavy atom. The van der Waals surface area contributed by atoms with Crippen molar-refractivity contribution in [3.63, 3.8) is 0 Å². The molecule has 17 heavy (non-hydrogen) atoms. The van der Waals surface area contributed by atoms with Gasteiger partial charge in [0.25, 0.3) is 0 Å². The maximum absolute atomic E-state index is 6.08. The van der Waals surface area contributed by atoms with Crippen LogP contribution < -0.4 is 5.73 Å². The summed E-state index contributed by atoms with van der Waals surface area (Å²) in [5.41, 5.74) is 10.2. The summed E-state index contributed by atoms with van der Waals surface area (Å²) in [7, 11) is 1.92. The van der Waals surface area contributed by atoms with Crippen LogP contribution in [0.15, 0.2) is 12.4 Å². The summed E-state index contributed by atoms with van der Waals surface area (Å²) in [5, 5.41) is 8.72.